The smallest absolute Gasteiger partial charge is 0.373 e. The molecule has 0 spiro atoms. The standard InChI is InChI=1S/C12H9F19O3Si/c1-32-35(33-2,34-3)12(30,31)10(25,26)8(21,22)6(17,18)4(13,14)5(15,16)7(19,20)9(23,24)11(27,28)29/h1-3H3. The summed E-state index contributed by atoms with van der Waals surface area (Å²) in [6.07, 6.45) is -7.93. The summed E-state index contributed by atoms with van der Waals surface area (Å²) in [6.45, 7) is 0. The average Bonchev–Trinajstić information content (AvgIpc) is 2.67. The molecule has 0 amide bonds. The topological polar surface area (TPSA) is 27.7 Å². The molecule has 0 atom stereocenters. The van der Waals surface area contributed by atoms with Gasteiger partial charge < -0.3 is 13.3 Å². The number of alkyl halides is 19. The van der Waals surface area contributed by atoms with E-state index in [1.807, 2.05) is 0 Å². The molecule has 35 heavy (non-hydrogen) atoms. The quantitative estimate of drug-likeness (QED) is 0.217. The predicted octanol–water partition coefficient (Wildman–Crippen LogP) is 6.05. The first-order chi connectivity index (χ1) is 14.9. The summed E-state index contributed by atoms with van der Waals surface area (Å²) in [4.78, 5) is 0. The number of rotatable bonds is 11. The Balaban J connectivity index is 7.14. The van der Waals surface area contributed by atoms with Gasteiger partial charge in [-0.1, -0.05) is 0 Å². The van der Waals surface area contributed by atoms with Crippen molar-refractivity contribution in [1.29, 1.82) is 0 Å². The first-order valence-electron chi connectivity index (χ1n) is 7.68. The highest BCUT2D eigenvalue weighted by molar-refractivity contribution is 6.63. The van der Waals surface area contributed by atoms with E-state index in [2.05, 4.69) is 13.3 Å². The molecule has 0 N–H and O–H groups in total. The molecule has 0 aliphatic carbocycles. The number of hydrogen-bond donors (Lipinski definition) is 0. The third-order valence-corrected chi connectivity index (χ3v) is 7.00. The molecule has 0 aliphatic rings. The Kier molecular flexibility index (Phi) is 8.36. The van der Waals surface area contributed by atoms with Gasteiger partial charge in [-0.3, -0.25) is 0 Å². The minimum Gasteiger partial charge on any atom is -0.373 e. The molecule has 0 saturated carbocycles. The lowest BCUT2D eigenvalue weighted by Gasteiger charge is -2.45. The number of hydrogen-bond acceptors (Lipinski definition) is 3. The maximum atomic E-state index is 14.1. The lowest BCUT2D eigenvalue weighted by Crippen LogP contribution is -2.78. The van der Waals surface area contributed by atoms with Gasteiger partial charge >= 0.3 is 62.0 Å². The normalized spacial score (nSPS) is 16.6. The Bertz CT molecular complexity index is 708. The van der Waals surface area contributed by atoms with Gasteiger partial charge in [-0.25, -0.2) is 0 Å². The van der Waals surface area contributed by atoms with Gasteiger partial charge in [0.15, 0.2) is 0 Å². The number of halogens is 19. The molecule has 3 nitrogen and oxygen atoms in total. The Morgan fingerprint density at radius 3 is 0.743 bits per heavy atom. The predicted molar refractivity (Wildman–Crippen MR) is 72.4 cm³/mol. The molecule has 212 valence electrons. The molecule has 0 aromatic carbocycles. The van der Waals surface area contributed by atoms with Crippen LogP contribution in [-0.2, 0) is 13.3 Å². The van der Waals surface area contributed by atoms with Gasteiger partial charge in [0.25, 0.3) is 0 Å². The lowest BCUT2D eigenvalue weighted by molar-refractivity contribution is -0.467. The molecule has 0 saturated heterocycles. The van der Waals surface area contributed by atoms with Crippen molar-refractivity contribution in [1.82, 2.24) is 0 Å². The van der Waals surface area contributed by atoms with Crippen LogP contribution in [0.15, 0.2) is 0 Å². The van der Waals surface area contributed by atoms with Gasteiger partial charge in [0, 0.05) is 21.3 Å². The fraction of sp³-hybridized carbons (Fsp3) is 1.00. The zero-order valence-electron chi connectivity index (χ0n) is 16.4. The summed E-state index contributed by atoms with van der Waals surface area (Å²) < 4.78 is 263. The van der Waals surface area contributed by atoms with E-state index in [4.69, 9.17) is 0 Å². The molecular weight excluding hydrogens is 581 g/mol. The van der Waals surface area contributed by atoms with Gasteiger partial charge in [-0.2, -0.15) is 83.4 Å². The summed E-state index contributed by atoms with van der Waals surface area (Å²) in [5.41, 5.74) is -6.99. The van der Waals surface area contributed by atoms with E-state index in [-0.39, 0.29) is 21.3 Å². The lowest BCUT2D eigenvalue weighted by atomic mass is 9.89. The van der Waals surface area contributed by atoms with E-state index < -0.39 is 62.0 Å². The second-order valence-electron chi connectivity index (χ2n) is 6.26. The average molecular weight is 590 g/mol. The molecule has 0 heterocycles. The van der Waals surface area contributed by atoms with Gasteiger partial charge in [0.1, 0.15) is 0 Å². The Morgan fingerprint density at radius 1 is 0.343 bits per heavy atom. The first-order valence-corrected chi connectivity index (χ1v) is 9.40. The summed E-state index contributed by atoms with van der Waals surface area (Å²) in [5.74, 6) is -60.6. The third-order valence-electron chi connectivity index (χ3n) is 4.31. The maximum Gasteiger partial charge on any atom is 0.581 e. The molecule has 0 aromatic heterocycles. The molecule has 0 bridgehead atoms. The fourth-order valence-electron chi connectivity index (χ4n) is 2.19. The zero-order valence-corrected chi connectivity index (χ0v) is 17.4. The molecule has 23 heteroatoms. The van der Waals surface area contributed by atoms with Crippen LogP contribution in [0.2, 0.25) is 0 Å². The first kappa shape index (κ1) is 33.8. The zero-order chi connectivity index (χ0) is 29.1. The molecule has 0 aliphatic heterocycles. The van der Waals surface area contributed by atoms with E-state index >= 15 is 0 Å². The summed E-state index contributed by atoms with van der Waals surface area (Å²) in [6, 6.07) is 0. The Hall–Kier alpha value is -1.23. The van der Waals surface area contributed by atoms with Crippen molar-refractivity contribution in [3.63, 3.8) is 0 Å². The minimum atomic E-state index is -8.99. The summed E-state index contributed by atoms with van der Waals surface area (Å²) in [5, 5.41) is 0. The van der Waals surface area contributed by atoms with Crippen molar-refractivity contribution < 1.29 is 96.7 Å². The van der Waals surface area contributed by atoms with Gasteiger partial charge in [-0.15, -0.1) is 0 Å². The van der Waals surface area contributed by atoms with Crippen molar-refractivity contribution in [2.45, 2.75) is 53.2 Å². The molecule has 0 fully saturated rings. The van der Waals surface area contributed by atoms with Crippen LogP contribution in [0.5, 0.6) is 0 Å². The van der Waals surface area contributed by atoms with E-state index in [0.29, 0.717) is 0 Å². The van der Waals surface area contributed by atoms with E-state index in [9.17, 15) is 83.4 Å². The largest absolute Gasteiger partial charge is 0.581 e. The van der Waals surface area contributed by atoms with Crippen molar-refractivity contribution in [2.24, 2.45) is 0 Å². The van der Waals surface area contributed by atoms with Crippen LogP contribution < -0.4 is 0 Å². The highest BCUT2D eigenvalue weighted by Crippen LogP contribution is 2.65. The summed E-state index contributed by atoms with van der Waals surface area (Å²) in [7, 11) is -6.91. The highest BCUT2D eigenvalue weighted by atomic mass is 28.4. The van der Waals surface area contributed by atoms with Crippen molar-refractivity contribution in [2.75, 3.05) is 21.3 Å². The van der Waals surface area contributed by atoms with Crippen LogP contribution in [0.4, 0.5) is 83.4 Å². The van der Waals surface area contributed by atoms with Crippen LogP contribution >= 0.6 is 0 Å². The van der Waals surface area contributed by atoms with Crippen LogP contribution in [-0.4, -0.2) is 83.3 Å². The van der Waals surface area contributed by atoms with Gasteiger partial charge in [0.05, 0.1) is 0 Å². The van der Waals surface area contributed by atoms with Crippen molar-refractivity contribution in [3.05, 3.63) is 0 Å². The van der Waals surface area contributed by atoms with Crippen LogP contribution in [0.1, 0.15) is 0 Å². The molecule has 0 aromatic rings. The molecule has 0 unspecified atom stereocenters. The Morgan fingerprint density at radius 2 is 0.543 bits per heavy atom. The third kappa shape index (κ3) is 3.94. The van der Waals surface area contributed by atoms with Crippen molar-refractivity contribution in [3.8, 4) is 0 Å². The van der Waals surface area contributed by atoms with E-state index in [1.165, 1.54) is 0 Å². The molecular formula is C12H9F19O3Si. The molecule has 0 rings (SSSR count). The fourth-order valence-corrected chi connectivity index (χ4v) is 4.00. The maximum absolute atomic E-state index is 14.1. The second kappa shape index (κ2) is 8.67. The SMILES string of the molecule is CO[Si](OC)(OC)C(F)(F)C(F)(F)C(F)(F)C(F)(F)C(F)(F)C(F)(F)C(F)(F)C(F)(F)C(F)(F)F. The van der Waals surface area contributed by atoms with Crippen molar-refractivity contribution >= 4 is 8.80 Å². The van der Waals surface area contributed by atoms with Crippen LogP contribution in [0.3, 0.4) is 0 Å². The monoisotopic (exact) mass is 590 g/mol. The molecule has 0 radical (unpaired) electrons. The van der Waals surface area contributed by atoms with Gasteiger partial charge in [-0.05, 0) is 0 Å². The van der Waals surface area contributed by atoms with E-state index in [1.54, 1.807) is 0 Å². The van der Waals surface area contributed by atoms with Gasteiger partial charge in [0.2, 0.25) is 0 Å². The second-order valence-corrected chi connectivity index (χ2v) is 9.23. The highest BCUT2D eigenvalue weighted by Gasteiger charge is 2.98. The summed E-state index contributed by atoms with van der Waals surface area (Å²) >= 11 is 0. The van der Waals surface area contributed by atoms with E-state index in [0.717, 1.165) is 0 Å². The Labute approximate surface area is 181 Å². The van der Waals surface area contributed by atoms with Crippen LogP contribution in [0, 0.1) is 0 Å². The van der Waals surface area contributed by atoms with Crippen LogP contribution in [0.25, 0.3) is 0 Å². The minimum absolute atomic E-state index is 0.0674.